The molecule has 2 aromatic carbocycles. The van der Waals surface area contributed by atoms with Crippen LogP contribution in [0.2, 0.25) is 0 Å². The van der Waals surface area contributed by atoms with Gasteiger partial charge in [-0.3, -0.25) is 48.5 Å². The van der Waals surface area contributed by atoms with Crippen LogP contribution in [0, 0.1) is 23.7 Å². The third kappa shape index (κ3) is 20.8. The van der Waals surface area contributed by atoms with E-state index < -0.39 is 29.8 Å². The quantitative estimate of drug-likeness (QED) is 0.0312. The van der Waals surface area contributed by atoms with Crippen LogP contribution in [0.4, 0.5) is 0 Å². The molecule has 1 unspecified atom stereocenters. The number of aliphatic carboxylic acids is 2. The van der Waals surface area contributed by atoms with E-state index in [0.29, 0.717) is 86.9 Å². The van der Waals surface area contributed by atoms with Crippen LogP contribution in [0.15, 0.2) is 79.3 Å². The Balaban J connectivity index is 1.15. The fourth-order valence-corrected chi connectivity index (χ4v) is 9.67. The molecule has 2 aromatic heterocycles. The third-order valence-electron chi connectivity index (χ3n) is 13.6. The van der Waals surface area contributed by atoms with Gasteiger partial charge in [-0.05, 0) is 66.0 Å². The molecular weight excluding hydrogens is 991 g/mol. The molecular formula is C56H75N9O10S. The van der Waals surface area contributed by atoms with Crippen LogP contribution in [0.1, 0.15) is 99.6 Å². The van der Waals surface area contributed by atoms with Gasteiger partial charge in [0.2, 0.25) is 11.8 Å². The number of benzene rings is 2. The van der Waals surface area contributed by atoms with E-state index in [1.165, 1.54) is 13.3 Å². The van der Waals surface area contributed by atoms with Crippen molar-refractivity contribution >= 4 is 59.0 Å². The molecule has 410 valence electrons. The maximum absolute atomic E-state index is 14.0. The second kappa shape index (κ2) is 30.7. The standard InChI is InChI=1S/C56H75N9O10S/c1-6-38(4)54(62-56(74)45(21-39(5)67)24-48-28-57-34-60-48)50(68)25-44(20-37(2)3)55(73)59-27-43-16-14-42(15-17-43)26-58-51(76)23-41-12-10-40(11-13-41)22-49-31-64(33-53(71)72)19-18-63(32-52(69)70)29-46-8-7-9-47(61-46)30-65(49)35-75-36-66/h7-17,28,34,36-38,44-45,49,54H,6,18-27,29-33,35H2,1-5H3,(H,57,60)(H,58,76)(H,59,73)(H,62,74)(H,69,70)(H,71,72)/t38?,44-,45+,49+,54+/m1/s1. The number of fused-ring (bicyclic) bond motifs is 2. The second-order valence-electron chi connectivity index (χ2n) is 20.4. The molecule has 20 heteroatoms. The van der Waals surface area contributed by atoms with Crippen molar-refractivity contribution in [2.45, 2.75) is 118 Å². The van der Waals surface area contributed by atoms with Gasteiger partial charge in [0.25, 0.3) is 6.47 Å². The second-order valence-corrected chi connectivity index (χ2v) is 20.9. The van der Waals surface area contributed by atoms with E-state index in [2.05, 4.69) is 25.9 Å². The molecule has 0 saturated carbocycles. The molecule has 3 heterocycles. The monoisotopic (exact) mass is 1070 g/mol. The smallest absolute Gasteiger partial charge is 0.317 e. The Morgan fingerprint density at radius 1 is 0.816 bits per heavy atom. The Kier molecular flexibility index (Phi) is 24.3. The first-order chi connectivity index (χ1) is 36.4. The lowest BCUT2D eigenvalue weighted by Crippen LogP contribution is -2.49. The molecule has 0 fully saturated rings. The Labute approximate surface area is 451 Å². The molecule has 0 saturated heterocycles. The number of imidazole rings is 1. The van der Waals surface area contributed by atoms with Gasteiger partial charge in [0.1, 0.15) is 12.5 Å². The van der Waals surface area contributed by atoms with E-state index in [4.69, 9.17) is 21.9 Å². The number of carbonyl (C=O) groups is 7. The van der Waals surface area contributed by atoms with Crippen molar-refractivity contribution in [3.63, 3.8) is 0 Å². The number of ketones is 2. The largest absolute Gasteiger partial charge is 0.480 e. The number of nitrogens with zero attached hydrogens (tertiary/aromatic N) is 5. The molecule has 5 atom stereocenters. The summed E-state index contributed by atoms with van der Waals surface area (Å²) in [6.07, 6.45) is 5.47. The van der Waals surface area contributed by atoms with Crippen LogP contribution >= 0.6 is 12.2 Å². The summed E-state index contributed by atoms with van der Waals surface area (Å²) in [6.45, 7) is 11.4. The first kappa shape index (κ1) is 60.1. The van der Waals surface area contributed by atoms with Crippen molar-refractivity contribution in [1.29, 1.82) is 0 Å². The van der Waals surface area contributed by atoms with E-state index in [-0.39, 0.29) is 93.4 Å². The zero-order chi connectivity index (χ0) is 55.1. The van der Waals surface area contributed by atoms with Crippen molar-refractivity contribution in [2.24, 2.45) is 23.7 Å². The third-order valence-corrected chi connectivity index (χ3v) is 13.8. The Bertz CT molecular complexity index is 2540. The van der Waals surface area contributed by atoms with Gasteiger partial charge in [0, 0.05) is 95.3 Å². The number of carboxylic acids is 2. The van der Waals surface area contributed by atoms with Crippen LogP contribution in [0.5, 0.6) is 0 Å². The molecule has 2 amide bonds. The molecule has 6 N–H and O–H groups in total. The summed E-state index contributed by atoms with van der Waals surface area (Å²) in [7, 11) is 0. The topological polar surface area (TPSA) is 257 Å². The van der Waals surface area contributed by atoms with Crippen LogP contribution in [-0.2, 0) is 83.7 Å². The lowest BCUT2D eigenvalue weighted by atomic mass is 9.85. The highest BCUT2D eigenvalue weighted by molar-refractivity contribution is 7.80. The average Bonchev–Trinajstić information content (AvgIpc) is 3.89. The summed E-state index contributed by atoms with van der Waals surface area (Å²) in [6, 6.07) is 20.2. The lowest BCUT2D eigenvalue weighted by molar-refractivity contribution is -0.140. The molecule has 0 aliphatic carbocycles. The van der Waals surface area contributed by atoms with Gasteiger partial charge in [-0.25, -0.2) is 4.98 Å². The predicted octanol–water partition coefficient (Wildman–Crippen LogP) is 4.90. The molecule has 76 heavy (non-hydrogen) atoms. The first-order valence-electron chi connectivity index (χ1n) is 26.0. The van der Waals surface area contributed by atoms with Crippen molar-refractivity contribution in [1.82, 2.24) is 45.6 Å². The van der Waals surface area contributed by atoms with Crippen molar-refractivity contribution in [3.05, 3.63) is 119 Å². The number of carboxylic acid groups (broad SMARTS) is 2. The number of H-pyrrole nitrogens is 1. The summed E-state index contributed by atoms with van der Waals surface area (Å²) in [4.78, 5) is 107. The molecule has 0 spiro atoms. The average molecular weight is 1070 g/mol. The van der Waals surface area contributed by atoms with Crippen LogP contribution in [-0.4, -0.2) is 138 Å². The summed E-state index contributed by atoms with van der Waals surface area (Å²) in [5, 5.41) is 28.8. The highest BCUT2D eigenvalue weighted by Gasteiger charge is 2.33. The van der Waals surface area contributed by atoms with Crippen molar-refractivity contribution in [3.8, 4) is 0 Å². The zero-order valence-electron chi connectivity index (χ0n) is 44.4. The summed E-state index contributed by atoms with van der Waals surface area (Å²) >= 11 is 5.75. The number of thiocarbonyl (C=S) groups is 1. The number of rotatable bonds is 29. The summed E-state index contributed by atoms with van der Waals surface area (Å²) in [5.41, 5.74) is 5.90. The number of pyridine rings is 1. The number of aromatic nitrogens is 3. The van der Waals surface area contributed by atoms with E-state index >= 15 is 0 Å². The maximum Gasteiger partial charge on any atom is 0.317 e. The number of hydrogen-bond donors (Lipinski definition) is 6. The minimum atomic E-state index is -1.01. The number of aromatic amines is 1. The van der Waals surface area contributed by atoms with E-state index in [1.54, 1.807) is 16.0 Å². The Morgan fingerprint density at radius 3 is 2.04 bits per heavy atom. The molecule has 19 nitrogen and oxygen atoms in total. The summed E-state index contributed by atoms with van der Waals surface area (Å²) < 4.78 is 5.28. The van der Waals surface area contributed by atoms with Gasteiger partial charge >= 0.3 is 11.9 Å². The van der Waals surface area contributed by atoms with Gasteiger partial charge in [-0.2, -0.15) is 0 Å². The zero-order valence-corrected chi connectivity index (χ0v) is 45.2. The van der Waals surface area contributed by atoms with Gasteiger partial charge < -0.3 is 40.7 Å². The Morgan fingerprint density at radius 2 is 1.43 bits per heavy atom. The molecule has 4 aromatic rings. The fraction of sp³-hybridized carbons (Fsp3) is 0.500. The first-order valence-corrected chi connectivity index (χ1v) is 26.4. The van der Waals surface area contributed by atoms with Gasteiger partial charge in [-0.1, -0.05) is 101 Å². The highest BCUT2D eigenvalue weighted by atomic mass is 32.1. The number of hydrogen-bond acceptors (Lipinski definition) is 14. The molecule has 5 rings (SSSR count). The number of Topliss-reactive ketones (excluding diaryl/α,β-unsaturated/α-hetero) is 2. The van der Waals surface area contributed by atoms with Crippen molar-refractivity contribution in [2.75, 3.05) is 39.5 Å². The highest BCUT2D eigenvalue weighted by Crippen LogP contribution is 2.23. The number of ether oxygens (including phenoxy) is 1. The summed E-state index contributed by atoms with van der Waals surface area (Å²) in [5.74, 6) is -4.31. The minimum absolute atomic E-state index is 0.0245. The minimum Gasteiger partial charge on any atom is -0.480 e. The fourth-order valence-electron chi connectivity index (χ4n) is 9.43. The molecule has 1 aliphatic heterocycles. The number of carbonyl (C=O) groups excluding carboxylic acids is 5. The number of amides is 2. The maximum atomic E-state index is 14.0. The van der Waals surface area contributed by atoms with Crippen molar-refractivity contribution < 1.29 is 48.5 Å². The van der Waals surface area contributed by atoms with Gasteiger partial charge in [0.15, 0.2) is 5.78 Å². The van der Waals surface area contributed by atoms with E-state index in [1.807, 2.05) is 99.3 Å². The van der Waals surface area contributed by atoms with Gasteiger partial charge in [-0.15, -0.1) is 0 Å². The van der Waals surface area contributed by atoms with Gasteiger partial charge in [0.05, 0.1) is 47.8 Å². The van der Waals surface area contributed by atoms with Crippen LogP contribution in [0.3, 0.4) is 0 Å². The number of nitrogens with one attached hydrogen (secondary N) is 4. The van der Waals surface area contributed by atoms with E-state index in [0.717, 1.165) is 22.3 Å². The Hall–Kier alpha value is -6.74. The predicted molar refractivity (Wildman–Crippen MR) is 289 cm³/mol. The van der Waals surface area contributed by atoms with E-state index in [9.17, 15) is 43.8 Å². The molecule has 2 bridgehead atoms. The normalized spacial score (nSPS) is 16.2. The van der Waals surface area contributed by atoms with Crippen LogP contribution < -0.4 is 16.0 Å². The van der Waals surface area contributed by atoms with Crippen LogP contribution in [0.25, 0.3) is 0 Å². The SMILES string of the molecule is CCC(C)[C@H](NC(=O)[C@@H](CC(C)=O)Cc1cnc[nH]1)C(=O)C[C@@H](CC(C)C)C(=O)NCc1ccc(CNC(=S)Cc2ccc(C[C@H]3CN(CC(=O)O)CCN(CC(=O)O)Cc4cccc(n4)CN3COC=O)cc2)cc1. The molecule has 0 radical (unpaired) electrons. The molecule has 1 aliphatic rings. The lowest BCUT2D eigenvalue weighted by Gasteiger charge is -2.36.